The molecular formula is C21H19FN6O2. The van der Waals surface area contributed by atoms with Gasteiger partial charge in [0.25, 0.3) is 5.91 Å². The van der Waals surface area contributed by atoms with E-state index in [9.17, 15) is 14.4 Å². The Labute approximate surface area is 172 Å². The van der Waals surface area contributed by atoms with Crippen LogP contribution in [0.2, 0.25) is 0 Å². The summed E-state index contributed by atoms with van der Waals surface area (Å²) in [5.74, 6) is -0.369. The van der Waals surface area contributed by atoms with Crippen LogP contribution in [0.4, 0.5) is 10.2 Å². The van der Waals surface area contributed by atoms with E-state index in [2.05, 4.69) is 16.2 Å². The zero-order valence-electron chi connectivity index (χ0n) is 16.7. The van der Waals surface area contributed by atoms with Crippen LogP contribution in [0.1, 0.15) is 40.3 Å². The number of hydrogen-bond acceptors (Lipinski definition) is 6. The third-order valence-electron chi connectivity index (χ3n) is 5.12. The molecule has 0 unspecified atom stereocenters. The quantitative estimate of drug-likeness (QED) is 0.615. The number of ether oxygens (including phenoxy) is 1. The molecule has 0 radical (unpaired) electrons. The van der Waals surface area contributed by atoms with Crippen molar-refractivity contribution in [3.05, 3.63) is 58.8 Å². The summed E-state index contributed by atoms with van der Waals surface area (Å²) >= 11 is 0. The Kier molecular flexibility index (Phi) is 4.62. The van der Waals surface area contributed by atoms with Gasteiger partial charge in [-0.3, -0.25) is 9.48 Å². The largest absolute Gasteiger partial charge is 0.482 e. The van der Waals surface area contributed by atoms with Gasteiger partial charge in [-0.2, -0.15) is 10.4 Å². The molecule has 1 aliphatic rings. The number of amides is 1. The number of nitriles is 1. The van der Waals surface area contributed by atoms with Crippen molar-refractivity contribution < 1.29 is 13.9 Å². The van der Waals surface area contributed by atoms with Crippen LogP contribution in [-0.4, -0.2) is 32.6 Å². The highest BCUT2D eigenvalue weighted by Gasteiger charge is 2.26. The second-order valence-corrected chi connectivity index (χ2v) is 7.17. The minimum atomic E-state index is -0.671. The molecule has 30 heavy (non-hydrogen) atoms. The van der Waals surface area contributed by atoms with Crippen molar-refractivity contribution in [2.45, 2.75) is 19.6 Å². The lowest BCUT2D eigenvalue weighted by molar-refractivity contribution is 0.0778. The molecule has 2 N–H and O–H groups in total. The van der Waals surface area contributed by atoms with Gasteiger partial charge in [0, 0.05) is 42.5 Å². The fourth-order valence-corrected chi connectivity index (χ4v) is 3.63. The number of fused-ring (bicyclic) bond motifs is 5. The molecule has 3 heterocycles. The minimum Gasteiger partial charge on any atom is -0.482 e. The molecule has 1 aliphatic heterocycles. The Morgan fingerprint density at radius 2 is 2.10 bits per heavy atom. The summed E-state index contributed by atoms with van der Waals surface area (Å²) in [6.45, 7) is 1.86. The van der Waals surface area contributed by atoms with Gasteiger partial charge in [-0.15, -0.1) is 0 Å². The zero-order chi connectivity index (χ0) is 21.6. The number of pyridine rings is 1. The van der Waals surface area contributed by atoms with Gasteiger partial charge in [0.1, 0.15) is 23.7 Å². The Bertz CT molecular complexity index is 1210. The number of carbonyl (C=O) groups excluding carboxylic acids is 1. The first-order valence-electron chi connectivity index (χ1n) is 9.23. The van der Waals surface area contributed by atoms with Crippen molar-refractivity contribution in [2.24, 2.45) is 7.05 Å². The minimum absolute atomic E-state index is 0.146. The molecule has 4 rings (SSSR count). The SMILES string of the molecule is C[C@@H]1Oc2cc(cnc2N)-c2c(nn(C)c2C#N)CN(C)C(=O)c2ccc(F)cc21. The summed E-state index contributed by atoms with van der Waals surface area (Å²) in [7, 11) is 3.29. The molecule has 0 spiro atoms. The maximum absolute atomic E-state index is 14.0. The number of aromatic nitrogens is 3. The van der Waals surface area contributed by atoms with Crippen molar-refractivity contribution >= 4 is 11.7 Å². The number of nitrogens with two attached hydrogens (primary N) is 1. The maximum Gasteiger partial charge on any atom is 0.254 e. The average Bonchev–Trinajstić information content (AvgIpc) is 3.03. The van der Waals surface area contributed by atoms with Crippen molar-refractivity contribution in [1.82, 2.24) is 19.7 Å². The smallest absolute Gasteiger partial charge is 0.254 e. The number of nitrogen functional groups attached to an aromatic ring is 1. The molecule has 1 atom stereocenters. The summed E-state index contributed by atoms with van der Waals surface area (Å²) in [5, 5.41) is 14.1. The van der Waals surface area contributed by atoms with Crippen LogP contribution in [0.25, 0.3) is 11.1 Å². The van der Waals surface area contributed by atoms with Crippen LogP contribution in [-0.2, 0) is 13.6 Å². The topological polar surface area (TPSA) is 110 Å². The molecule has 2 aromatic heterocycles. The van der Waals surface area contributed by atoms with Crippen LogP contribution in [0.3, 0.4) is 0 Å². The lowest BCUT2D eigenvalue weighted by atomic mass is 10.00. The fourth-order valence-electron chi connectivity index (χ4n) is 3.63. The summed E-state index contributed by atoms with van der Waals surface area (Å²) in [4.78, 5) is 18.8. The van der Waals surface area contributed by atoms with E-state index in [-0.39, 0.29) is 24.0 Å². The Morgan fingerprint density at radius 1 is 1.33 bits per heavy atom. The average molecular weight is 406 g/mol. The third kappa shape index (κ3) is 3.12. The number of hydrogen-bond donors (Lipinski definition) is 1. The van der Waals surface area contributed by atoms with Gasteiger partial charge in [0.15, 0.2) is 11.6 Å². The molecule has 152 valence electrons. The van der Waals surface area contributed by atoms with Crippen molar-refractivity contribution in [3.8, 4) is 22.9 Å². The normalized spacial score (nSPS) is 15.9. The number of nitrogens with zero attached hydrogens (tertiary/aromatic N) is 5. The summed E-state index contributed by atoms with van der Waals surface area (Å²) < 4.78 is 21.4. The van der Waals surface area contributed by atoms with E-state index in [1.165, 1.54) is 34.0 Å². The number of benzene rings is 1. The summed E-state index contributed by atoms with van der Waals surface area (Å²) in [6.07, 6.45) is 0.866. The lowest BCUT2D eigenvalue weighted by Gasteiger charge is -2.23. The van der Waals surface area contributed by atoms with Crippen molar-refractivity contribution in [1.29, 1.82) is 5.26 Å². The molecule has 0 saturated heterocycles. The van der Waals surface area contributed by atoms with Gasteiger partial charge >= 0.3 is 0 Å². The Hall–Kier alpha value is -3.93. The Balaban J connectivity index is 1.98. The molecule has 0 aliphatic carbocycles. The van der Waals surface area contributed by atoms with E-state index in [0.717, 1.165) is 0 Å². The van der Waals surface area contributed by atoms with Gasteiger partial charge in [0.05, 0.1) is 12.2 Å². The van der Waals surface area contributed by atoms with Crippen LogP contribution in [0, 0.1) is 17.1 Å². The molecule has 1 amide bonds. The molecule has 0 fully saturated rings. The van der Waals surface area contributed by atoms with Gasteiger partial charge in [-0.1, -0.05) is 0 Å². The van der Waals surface area contributed by atoms with Crippen LogP contribution in [0.15, 0.2) is 30.5 Å². The monoisotopic (exact) mass is 406 g/mol. The number of halogens is 1. The molecule has 1 aromatic carbocycles. The highest BCUT2D eigenvalue weighted by molar-refractivity contribution is 5.95. The summed E-state index contributed by atoms with van der Waals surface area (Å²) in [5.41, 5.74) is 8.72. The van der Waals surface area contributed by atoms with Crippen LogP contribution in [0.5, 0.6) is 5.75 Å². The standard InChI is InChI=1S/C21H19FN6O2/c1-11-15-7-13(22)4-5-14(15)21(29)27(2)10-16-19(17(8-23)28(3)26-16)12-6-18(30-11)20(24)25-9-12/h4-7,9,11H,10H2,1-3H3,(H2,24,25)/t11-/m0/s1. The van der Waals surface area contributed by atoms with Crippen molar-refractivity contribution in [2.75, 3.05) is 12.8 Å². The molecular weight excluding hydrogens is 387 g/mol. The van der Waals surface area contributed by atoms with Crippen LogP contribution < -0.4 is 10.5 Å². The van der Waals surface area contributed by atoms with Crippen LogP contribution >= 0.6 is 0 Å². The van der Waals surface area contributed by atoms with E-state index in [4.69, 9.17) is 10.5 Å². The first-order chi connectivity index (χ1) is 14.3. The predicted octanol–water partition coefficient (Wildman–Crippen LogP) is 2.80. The Morgan fingerprint density at radius 3 is 2.83 bits per heavy atom. The van der Waals surface area contributed by atoms with E-state index >= 15 is 0 Å². The van der Waals surface area contributed by atoms with E-state index in [1.807, 2.05) is 0 Å². The van der Waals surface area contributed by atoms with Gasteiger partial charge < -0.3 is 15.4 Å². The highest BCUT2D eigenvalue weighted by Crippen LogP contribution is 2.35. The second kappa shape index (κ2) is 7.15. The number of rotatable bonds is 0. The first-order valence-corrected chi connectivity index (χ1v) is 9.23. The molecule has 8 nitrogen and oxygen atoms in total. The predicted molar refractivity (Wildman–Crippen MR) is 107 cm³/mol. The highest BCUT2D eigenvalue weighted by atomic mass is 19.1. The van der Waals surface area contributed by atoms with Crippen molar-refractivity contribution in [3.63, 3.8) is 0 Å². The van der Waals surface area contributed by atoms with E-state index < -0.39 is 11.9 Å². The second-order valence-electron chi connectivity index (χ2n) is 7.17. The molecule has 0 saturated carbocycles. The van der Waals surface area contributed by atoms with E-state index in [0.29, 0.717) is 33.6 Å². The number of carbonyl (C=O) groups is 1. The van der Waals surface area contributed by atoms with E-state index in [1.54, 1.807) is 27.1 Å². The molecule has 2 bridgehead atoms. The van der Waals surface area contributed by atoms with Gasteiger partial charge in [0.2, 0.25) is 0 Å². The first kappa shape index (κ1) is 19.4. The number of anilines is 1. The lowest BCUT2D eigenvalue weighted by Crippen LogP contribution is -2.28. The fraction of sp³-hybridized carbons (Fsp3) is 0.238. The summed E-state index contributed by atoms with van der Waals surface area (Å²) in [6, 6.07) is 7.79. The molecule has 3 aromatic rings. The zero-order valence-corrected chi connectivity index (χ0v) is 16.7. The van der Waals surface area contributed by atoms with Gasteiger partial charge in [-0.25, -0.2) is 9.37 Å². The molecule has 9 heteroatoms. The van der Waals surface area contributed by atoms with Gasteiger partial charge in [-0.05, 0) is 31.2 Å². The maximum atomic E-state index is 14.0. The number of aryl methyl sites for hydroxylation is 1. The third-order valence-corrected chi connectivity index (χ3v) is 5.12.